The van der Waals surface area contributed by atoms with Crippen molar-refractivity contribution in [1.82, 2.24) is 0 Å². The molecule has 18 heavy (non-hydrogen) atoms. The molecule has 0 bridgehead atoms. The Bertz CT molecular complexity index is 532. The Balaban J connectivity index is 2.56. The summed E-state index contributed by atoms with van der Waals surface area (Å²) < 4.78 is 26.5. The van der Waals surface area contributed by atoms with Crippen molar-refractivity contribution in [3.05, 3.63) is 29.3 Å². The highest BCUT2D eigenvalue weighted by atomic mass is 19.1. The predicted molar refractivity (Wildman–Crippen MR) is 56.3 cm³/mol. The average Bonchev–Trinajstić information content (AvgIpc) is 2.55. The van der Waals surface area contributed by atoms with Crippen molar-refractivity contribution in [1.29, 1.82) is 0 Å². The highest BCUT2D eigenvalue weighted by molar-refractivity contribution is 6.03. The Labute approximate surface area is 100 Å². The van der Waals surface area contributed by atoms with Crippen molar-refractivity contribution >= 4 is 17.6 Å². The number of carbonyl (C=O) groups is 2. The number of rotatable bonds is 2. The van der Waals surface area contributed by atoms with Crippen LogP contribution in [0.3, 0.4) is 0 Å². The molecule has 1 aromatic rings. The van der Waals surface area contributed by atoms with Crippen molar-refractivity contribution < 1.29 is 28.6 Å². The molecule has 0 aromatic heterocycles. The minimum Gasteiger partial charge on any atom is -0.478 e. The molecule has 1 fully saturated rings. The van der Waals surface area contributed by atoms with Gasteiger partial charge in [0.2, 0.25) is 5.91 Å². The van der Waals surface area contributed by atoms with Crippen molar-refractivity contribution in [3.63, 3.8) is 0 Å². The average molecular weight is 257 g/mol. The maximum atomic E-state index is 13.4. The van der Waals surface area contributed by atoms with E-state index in [1.54, 1.807) is 0 Å². The van der Waals surface area contributed by atoms with Gasteiger partial charge < -0.3 is 15.1 Å². The fraction of sp³-hybridized carbons (Fsp3) is 0.273. The van der Waals surface area contributed by atoms with Crippen LogP contribution in [0.1, 0.15) is 16.8 Å². The largest absolute Gasteiger partial charge is 0.478 e. The number of halogens is 2. The highest BCUT2D eigenvalue weighted by Gasteiger charge is 2.33. The molecule has 1 atom stereocenters. The summed E-state index contributed by atoms with van der Waals surface area (Å²) in [4.78, 5) is 23.3. The molecular formula is C11H9F2NO4. The third-order valence-corrected chi connectivity index (χ3v) is 2.64. The van der Waals surface area contributed by atoms with Gasteiger partial charge >= 0.3 is 5.97 Å². The summed E-state index contributed by atoms with van der Waals surface area (Å²) >= 11 is 0. The lowest BCUT2D eigenvalue weighted by Crippen LogP contribution is -2.28. The SMILES string of the molecule is O=C(O)c1c(F)cc(F)cc1N1CC(O)CC1=O. The maximum Gasteiger partial charge on any atom is 0.340 e. The molecule has 1 aromatic carbocycles. The lowest BCUT2D eigenvalue weighted by Gasteiger charge is -2.18. The second-order valence-electron chi connectivity index (χ2n) is 3.95. The Morgan fingerprint density at radius 3 is 2.56 bits per heavy atom. The summed E-state index contributed by atoms with van der Waals surface area (Å²) in [6.45, 7) is -0.179. The Hall–Kier alpha value is -2.02. The fourth-order valence-corrected chi connectivity index (χ4v) is 1.91. The Morgan fingerprint density at radius 1 is 1.39 bits per heavy atom. The molecule has 0 saturated carbocycles. The van der Waals surface area contributed by atoms with Gasteiger partial charge in [0.15, 0.2) is 0 Å². The van der Waals surface area contributed by atoms with Gasteiger partial charge in [-0.3, -0.25) is 4.79 Å². The van der Waals surface area contributed by atoms with E-state index in [4.69, 9.17) is 5.11 Å². The normalized spacial score (nSPS) is 19.4. The van der Waals surface area contributed by atoms with E-state index in [0.29, 0.717) is 6.07 Å². The smallest absolute Gasteiger partial charge is 0.340 e. The van der Waals surface area contributed by atoms with Crippen LogP contribution in [0.2, 0.25) is 0 Å². The molecule has 1 aliphatic rings. The van der Waals surface area contributed by atoms with E-state index < -0.39 is 35.2 Å². The van der Waals surface area contributed by atoms with Crippen LogP contribution in [-0.2, 0) is 4.79 Å². The summed E-state index contributed by atoms with van der Waals surface area (Å²) in [5.74, 6) is -4.42. The van der Waals surface area contributed by atoms with Crippen LogP contribution in [0.25, 0.3) is 0 Å². The topological polar surface area (TPSA) is 77.8 Å². The number of amides is 1. The van der Waals surface area contributed by atoms with Crippen molar-refractivity contribution in [2.24, 2.45) is 0 Å². The number of anilines is 1. The minimum atomic E-state index is -1.60. The highest BCUT2D eigenvalue weighted by Crippen LogP contribution is 2.28. The first-order valence-electron chi connectivity index (χ1n) is 5.11. The molecular weight excluding hydrogens is 248 g/mol. The number of carbonyl (C=O) groups excluding carboxylic acids is 1. The molecule has 5 nitrogen and oxygen atoms in total. The molecule has 7 heteroatoms. The quantitative estimate of drug-likeness (QED) is 0.820. The van der Waals surface area contributed by atoms with Crippen LogP contribution >= 0.6 is 0 Å². The number of aliphatic hydroxyl groups is 1. The van der Waals surface area contributed by atoms with E-state index in [1.807, 2.05) is 0 Å². The van der Waals surface area contributed by atoms with Gasteiger partial charge in [-0.15, -0.1) is 0 Å². The van der Waals surface area contributed by atoms with E-state index in [0.717, 1.165) is 11.0 Å². The number of carboxylic acids is 1. The Kier molecular flexibility index (Phi) is 3.00. The molecule has 1 aliphatic heterocycles. The molecule has 1 heterocycles. The molecule has 1 saturated heterocycles. The van der Waals surface area contributed by atoms with Crippen molar-refractivity contribution in [3.8, 4) is 0 Å². The van der Waals surface area contributed by atoms with Crippen LogP contribution in [0.15, 0.2) is 12.1 Å². The van der Waals surface area contributed by atoms with Gasteiger partial charge in [-0.1, -0.05) is 0 Å². The lowest BCUT2D eigenvalue weighted by molar-refractivity contribution is -0.117. The standard InChI is InChI=1S/C11H9F2NO4/c12-5-1-7(13)10(11(17)18)8(2-5)14-4-6(15)3-9(14)16/h1-2,6,15H,3-4H2,(H,17,18). The first-order valence-corrected chi connectivity index (χ1v) is 5.11. The second kappa shape index (κ2) is 4.34. The number of nitrogens with zero attached hydrogens (tertiary/aromatic N) is 1. The predicted octanol–water partition coefficient (Wildman–Crippen LogP) is 0.761. The van der Waals surface area contributed by atoms with Gasteiger partial charge in [-0.25, -0.2) is 13.6 Å². The third kappa shape index (κ3) is 2.04. The summed E-state index contributed by atoms with van der Waals surface area (Å²) in [6, 6.07) is 1.20. The number of aliphatic hydroxyl groups excluding tert-OH is 1. The van der Waals surface area contributed by atoms with Gasteiger partial charge in [0, 0.05) is 6.07 Å². The second-order valence-corrected chi connectivity index (χ2v) is 3.95. The van der Waals surface area contributed by atoms with Crippen LogP contribution < -0.4 is 4.90 Å². The van der Waals surface area contributed by atoms with E-state index >= 15 is 0 Å². The van der Waals surface area contributed by atoms with Gasteiger partial charge in [-0.05, 0) is 6.07 Å². The first kappa shape index (κ1) is 12.4. The maximum absolute atomic E-state index is 13.4. The molecule has 0 aliphatic carbocycles. The summed E-state index contributed by atoms with van der Waals surface area (Å²) in [5.41, 5.74) is -1.15. The van der Waals surface area contributed by atoms with Crippen LogP contribution in [0.4, 0.5) is 14.5 Å². The number of hydrogen-bond acceptors (Lipinski definition) is 3. The first-order chi connectivity index (χ1) is 8.40. The molecule has 2 rings (SSSR count). The molecule has 1 amide bonds. The lowest BCUT2D eigenvalue weighted by atomic mass is 10.1. The van der Waals surface area contributed by atoms with Gasteiger partial charge in [0.1, 0.15) is 17.2 Å². The molecule has 1 unspecified atom stereocenters. The molecule has 0 radical (unpaired) electrons. The van der Waals surface area contributed by atoms with Crippen molar-refractivity contribution in [2.45, 2.75) is 12.5 Å². The zero-order chi connectivity index (χ0) is 13.4. The number of hydrogen-bond donors (Lipinski definition) is 2. The van der Waals surface area contributed by atoms with Crippen molar-refractivity contribution in [2.75, 3.05) is 11.4 Å². The van der Waals surface area contributed by atoms with E-state index in [-0.39, 0.29) is 18.7 Å². The number of benzene rings is 1. The zero-order valence-electron chi connectivity index (χ0n) is 9.06. The Morgan fingerprint density at radius 2 is 2.06 bits per heavy atom. The summed E-state index contributed by atoms with van der Waals surface area (Å²) in [6.07, 6.45) is -1.16. The zero-order valence-corrected chi connectivity index (χ0v) is 9.06. The monoisotopic (exact) mass is 257 g/mol. The minimum absolute atomic E-state index is 0.179. The molecule has 2 N–H and O–H groups in total. The van der Waals surface area contributed by atoms with Crippen LogP contribution in [0.5, 0.6) is 0 Å². The number of β-amino-alcohol motifs (C(OH)–C–C–N with tert-alkyl or cyclic N) is 1. The van der Waals surface area contributed by atoms with E-state index in [1.165, 1.54) is 0 Å². The molecule has 96 valence electrons. The van der Waals surface area contributed by atoms with Gasteiger partial charge in [0.25, 0.3) is 0 Å². The van der Waals surface area contributed by atoms with Crippen LogP contribution in [0, 0.1) is 11.6 Å². The van der Waals surface area contributed by atoms with Crippen LogP contribution in [-0.4, -0.2) is 34.7 Å². The summed E-state index contributed by atoms with van der Waals surface area (Å²) in [5, 5.41) is 18.2. The number of carboxylic acid groups (broad SMARTS) is 1. The van der Waals surface area contributed by atoms with E-state index in [9.17, 15) is 23.5 Å². The van der Waals surface area contributed by atoms with Gasteiger partial charge in [-0.2, -0.15) is 0 Å². The van der Waals surface area contributed by atoms with Gasteiger partial charge in [0.05, 0.1) is 24.8 Å². The third-order valence-electron chi connectivity index (χ3n) is 2.64. The number of aromatic carboxylic acids is 1. The fourth-order valence-electron chi connectivity index (χ4n) is 1.91. The summed E-state index contributed by atoms with van der Waals surface area (Å²) in [7, 11) is 0. The molecule has 0 spiro atoms. The van der Waals surface area contributed by atoms with E-state index in [2.05, 4.69) is 0 Å².